The van der Waals surface area contributed by atoms with Crippen molar-refractivity contribution in [3.8, 4) is 16.9 Å². The molecule has 1 N–H and O–H groups in total. The number of amides is 1. The minimum Gasteiger partial charge on any atom is -0.497 e. The van der Waals surface area contributed by atoms with Gasteiger partial charge < -0.3 is 14.7 Å². The first-order valence-electron chi connectivity index (χ1n) is 10.5. The van der Waals surface area contributed by atoms with E-state index in [1.807, 2.05) is 0 Å². The minimum absolute atomic E-state index is 0.0338. The zero-order valence-corrected chi connectivity index (χ0v) is 18.2. The van der Waals surface area contributed by atoms with E-state index in [0.717, 1.165) is 25.0 Å². The van der Waals surface area contributed by atoms with Gasteiger partial charge in [-0.15, -0.1) is 0 Å². The second-order valence-electron chi connectivity index (χ2n) is 8.05. The number of ether oxygens (including phenoxy) is 1. The number of benzene rings is 2. The molecule has 1 fully saturated rings. The number of rotatable bonds is 8. The fourth-order valence-electron chi connectivity index (χ4n) is 3.61. The molecule has 1 unspecified atom stereocenters. The molecule has 1 amide bonds. The van der Waals surface area contributed by atoms with Crippen LogP contribution < -0.4 is 4.74 Å². The number of methoxy groups -OCH3 is 1. The molecule has 2 aromatic carbocycles. The predicted molar refractivity (Wildman–Crippen MR) is 113 cm³/mol. The van der Waals surface area contributed by atoms with Gasteiger partial charge in [0.2, 0.25) is 5.91 Å². The van der Waals surface area contributed by atoms with Gasteiger partial charge in [-0.25, -0.2) is 0 Å². The van der Waals surface area contributed by atoms with Crippen LogP contribution >= 0.6 is 0 Å². The Hall–Kier alpha value is -3.03. The Morgan fingerprint density at radius 2 is 1.88 bits per heavy atom. The van der Waals surface area contributed by atoms with Crippen molar-refractivity contribution >= 4 is 11.9 Å². The van der Waals surface area contributed by atoms with Gasteiger partial charge in [0.1, 0.15) is 5.75 Å². The number of carboxylic acids is 1. The third-order valence-electron chi connectivity index (χ3n) is 5.76. The Kier molecular flexibility index (Phi) is 6.81. The number of hydrogen-bond donors (Lipinski definition) is 1. The van der Waals surface area contributed by atoms with Crippen LogP contribution in [0.4, 0.5) is 13.2 Å². The normalized spacial score (nSPS) is 14.7. The summed E-state index contributed by atoms with van der Waals surface area (Å²) in [4.78, 5) is 25.7. The summed E-state index contributed by atoms with van der Waals surface area (Å²) in [5.74, 6) is -1.56. The first kappa shape index (κ1) is 23.6. The van der Waals surface area contributed by atoms with Crippen LogP contribution in [0, 0.1) is 5.92 Å². The highest BCUT2D eigenvalue weighted by Crippen LogP contribution is 2.37. The first-order valence-corrected chi connectivity index (χ1v) is 10.5. The Bertz CT molecular complexity index is 1010. The van der Waals surface area contributed by atoms with E-state index in [2.05, 4.69) is 0 Å². The lowest BCUT2D eigenvalue weighted by atomic mass is 9.92. The summed E-state index contributed by atoms with van der Waals surface area (Å²) in [7, 11) is 1.44. The number of carbonyl (C=O) groups excluding carboxylic acids is 1. The Morgan fingerprint density at radius 3 is 2.41 bits per heavy atom. The molecule has 172 valence electrons. The molecular weight excluding hydrogens is 423 g/mol. The molecule has 1 atom stereocenters. The molecule has 0 spiro atoms. The summed E-state index contributed by atoms with van der Waals surface area (Å²) in [6.45, 7) is 3.74. The maximum Gasteiger partial charge on any atom is 0.416 e. The van der Waals surface area contributed by atoms with Crippen molar-refractivity contribution < 1.29 is 32.6 Å². The standard InChI is InChI=1S/C24H26F3NO4/c1-4-28(22(29)15-5-6-15)13-18-10-19(24(25,26)27)7-8-21(18)17-9-16(14(2)23(30)31)11-20(12-17)32-3/h7-12,14-15H,4-6,13H2,1-3H3,(H,30,31). The highest BCUT2D eigenvalue weighted by molar-refractivity contribution is 5.82. The van der Waals surface area contributed by atoms with Crippen molar-refractivity contribution in [3.05, 3.63) is 53.1 Å². The van der Waals surface area contributed by atoms with E-state index in [-0.39, 0.29) is 18.4 Å². The number of carboxylic acid groups (broad SMARTS) is 1. The zero-order chi connectivity index (χ0) is 23.6. The van der Waals surface area contributed by atoms with Crippen molar-refractivity contribution in [3.63, 3.8) is 0 Å². The molecule has 0 heterocycles. The van der Waals surface area contributed by atoms with Gasteiger partial charge in [-0.1, -0.05) is 12.1 Å². The van der Waals surface area contributed by atoms with Gasteiger partial charge in [0, 0.05) is 19.0 Å². The predicted octanol–water partition coefficient (Wildman–Crippen LogP) is 5.33. The van der Waals surface area contributed by atoms with Crippen molar-refractivity contribution in [1.82, 2.24) is 4.90 Å². The molecular formula is C24H26F3NO4. The molecule has 2 aromatic rings. The third-order valence-corrected chi connectivity index (χ3v) is 5.76. The molecule has 0 aromatic heterocycles. The Balaban J connectivity index is 2.11. The SMILES string of the molecule is CCN(Cc1cc(C(F)(F)F)ccc1-c1cc(OC)cc(C(C)C(=O)O)c1)C(=O)C1CC1. The summed E-state index contributed by atoms with van der Waals surface area (Å²) in [5, 5.41) is 9.40. The van der Waals surface area contributed by atoms with Crippen LogP contribution in [0.3, 0.4) is 0 Å². The number of carbonyl (C=O) groups is 2. The van der Waals surface area contributed by atoms with Crippen LogP contribution in [0.1, 0.15) is 49.3 Å². The van der Waals surface area contributed by atoms with E-state index >= 15 is 0 Å². The molecule has 0 aliphatic heterocycles. The van der Waals surface area contributed by atoms with E-state index in [1.54, 1.807) is 30.0 Å². The second kappa shape index (κ2) is 9.22. The third kappa shape index (κ3) is 5.23. The van der Waals surface area contributed by atoms with Gasteiger partial charge in [-0.05, 0) is 73.2 Å². The quantitative estimate of drug-likeness (QED) is 0.592. The van der Waals surface area contributed by atoms with Crippen LogP contribution in [0.25, 0.3) is 11.1 Å². The highest BCUT2D eigenvalue weighted by atomic mass is 19.4. The van der Waals surface area contributed by atoms with Crippen molar-refractivity contribution in [2.75, 3.05) is 13.7 Å². The number of hydrogen-bond acceptors (Lipinski definition) is 3. The Morgan fingerprint density at radius 1 is 1.19 bits per heavy atom. The molecule has 1 aliphatic rings. The van der Waals surface area contributed by atoms with Gasteiger partial charge in [0.15, 0.2) is 0 Å². The number of alkyl halides is 3. The van der Waals surface area contributed by atoms with Crippen LogP contribution in [-0.2, 0) is 22.3 Å². The topological polar surface area (TPSA) is 66.8 Å². The summed E-state index contributed by atoms with van der Waals surface area (Å²) in [6.07, 6.45) is -2.92. The summed E-state index contributed by atoms with van der Waals surface area (Å²) < 4.78 is 45.6. The number of nitrogens with zero attached hydrogens (tertiary/aromatic N) is 1. The molecule has 1 aliphatic carbocycles. The number of halogens is 3. The second-order valence-corrected chi connectivity index (χ2v) is 8.05. The van der Waals surface area contributed by atoms with E-state index in [0.29, 0.717) is 34.5 Å². The van der Waals surface area contributed by atoms with Crippen molar-refractivity contribution in [1.29, 1.82) is 0 Å². The molecule has 3 rings (SSSR count). The van der Waals surface area contributed by atoms with Gasteiger partial charge in [0.25, 0.3) is 0 Å². The fourth-order valence-corrected chi connectivity index (χ4v) is 3.61. The van der Waals surface area contributed by atoms with Gasteiger partial charge >= 0.3 is 12.1 Å². The van der Waals surface area contributed by atoms with E-state index in [4.69, 9.17) is 4.74 Å². The van der Waals surface area contributed by atoms with Gasteiger partial charge in [-0.2, -0.15) is 13.2 Å². The molecule has 0 radical (unpaired) electrons. The van der Waals surface area contributed by atoms with Crippen LogP contribution in [-0.4, -0.2) is 35.5 Å². The summed E-state index contributed by atoms with van der Waals surface area (Å²) >= 11 is 0. The fraction of sp³-hybridized carbons (Fsp3) is 0.417. The van der Waals surface area contributed by atoms with E-state index in [1.165, 1.54) is 20.1 Å². The monoisotopic (exact) mass is 449 g/mol. The van der Waals surface area contributed by atoms with Crippen LogP contribution in [0.15, 0.2) is 36.4 Å². The lowest BCUT2D eigenvalue weighted by Gasteiger charge is -2.24. The first-order chi connectivity index (χ1) is 15.0. The lowest BCUT2D eigenvalue weighted by Crippen LogP contribution is -2.31. The minimum atomic E-state index is -4.53. The maximum atomic E-state index is 13.4. The summed E-state index contributed by atoms with van der Waals surface area (Å²) in [5.41, 5.74) is 1.05. The summed E-state index contributed by atoms with van der Waals surface area (Å²) in [6, 6.07) is 8.34. The van der Waals surface area contributed by atoms with Gasteiger partial charge in [0.05, 0.1) is 18.6 Å². The molecule has 1 saturated carbocycles. The van der Waals surface area contributed by atoms with Crippen LogP contribution in [0.2, 0.25) is 0 Å². The Labute approximate surface area is 184 Å². The van der Waals surface area contributed by atoms with E-state index in [9.17, 15) is 27.9 Å². The largest absolute Gasteiger partial charge is 0.497 e. The maximum absolute atomic E-state index is 13.4. The smallest absolute Gasteiger partial charge is 0.416 e. The zero-order valence-electron chi connectivity index (χ0n) is 18.2. The molecule has 0 bridgehead atoms. The van der Waals surface area contributed by atoms with Crippen molar-refractivity contribution in [2.45, 2.75) is 45.3 Å². The molecule has 8 heteroatoms. The number of aliphatic carboxylic acids is 1. The molecule has 0 saturated heterocycles. The highest BCUT2D eigenvalue weighted by Gasteiger charge is 2.34. The van der Waals surface area contributed by atoms with Gasteiger partial charge in [-0.3, -0.25) is 9.59 Å². The van der Waals surface area contributed by atoms with E-state index < -0.39 is 23.6 Å². The van der Waals surface area contributed by atoms with Crippen LogP contribution in [0.5, 0.6) is 5.75 Å². The molecule has 5 nitrogen and oxygen atoms in total. The average molecular weight is 449 g/mol. The lowest BCUT2D eigenvalue weighted by molar-refractivity contribution is -0.139. The molecule has 32 heavy (non-hydrogen) atoms. The average Bonchev–Trinajstić information content (AvgIpc) is 3.60. The van der Waals surface area contributed by atoms with Crippen molar-refractivity contribution in [2.24, 2.45) is 5.92 Å².